The van der Waals surface area contributed by atoms with Gasteiger partial charge in [-0.2, -0.15) is 0 Å². The van der Waals surface area contributed by atoms with E-state index in [-0.39, 0.29) is 6.54 Å². The Morgan fingerprint density at radius 3 is 2.79 bits per heavy atom. The van der Waals surface area contributed by atoms with Crippen molar-refractivity contribution in [3.63, 3.8) is 0 Å². The molecular weight excluding hydrogens is 252 g/mol. The molecule has 74 valence electrons. The van der Waals surface area contributed by atoms with E-state index >= 15 is 0 Å². The van der Waals surface area contributed by atoms with Crippen LogP contribution in [0.25, 0.3) is 10.9 Å². The first-order valence-electron chi connectivity index (χ1n) is 4.20. The predicted octanol–water partition coefficient (Wildman–Crippen LogP) is 3.67. The van der Waals surface area contributed by atoms with E-state index in [2.05, 4.69) is 15.9 Å². The molecule has 0 unspecified atom stereocenters. The third kappa shape index (κ3) is 1.66. The summed E-state index contributed by atoms with van der Waals surface area (Å²) in [6, 6.07) is 7.41. The van der Waals surface area contributed by atoms with Gasteiger partial charge in [0.2, 0.25) is 0 Å². The van der Waals surface area contributed by atoms with E-state index < -0.39 is 6.43 Å². The molecule has 0 aliphatic rings. The number of halogens is 3. The van der Waals surface area contributed by atoms with Crippen LogP contribution >= 0.6 is 15.9 Å². The first-order valence-corrected chi connectivity index (χ1v) is 4.99. The van der Waals surface area contributed by atoms with Gasteiger partial charge >= 0.3 is 0 Å². The molecule has 14 heavy (non-hydrogen) atoms. The second-order valence-corrected chi connectivity index (χ2v) is 3.89. The van der Waals surface area contributed by atoms with Gasteiger partial charge in [-0.1, -0.05) is 22.0 Å². The molecule has 2 rings (SSSR count). The summed E-state index contributed by atoms with van der Waals surface area (Å²) >= 11 is 3.38. The van der Waals surface area contributed by atoms with E-state index in [9.17, 15) is 8.78 Å². The minimum Gasteiger partial charge on any atom is -0.342 e. The Morgan fingerprint density at radius 2 is 2.07 bits per heavy atom. The van der Waals surface area contributed by atoms with Crippen molar-refractivity contribution in [1.29, 1.82) is 0 Å². The second kappa shape index (κ2) is 3.69. The molecule has 1 aromatic heterocycles. The van der Waals surface area contributed by atoms with Crippen molar-refractivity contribution >= 4 is 26.8 Å². The average Bonchev–Trinajstić information content (AvgIpc) is 2.49. The highest BCUT2D eigenvalue weighted by Gasteiger charge is 2.07. The lowest BCUT2D eigenvalue weighted by Crippen LogP contribution is -2.04. The Hall–Kier alpha value is -0.900. The van der Waals surface area contributed by atoms with Crippen molar-refractivity contribution < 1.29 is 8.78 Å². The third-order valence-corrected chi connectivity index (χ3v) is 2.79. The lowest BCUT2D eigenvalue weighted by molar-refractivity contribution is 0.128. The average molecular weight is 260 g/mol. The molecule has 1 aromatic carbocycles. The van der Waals surface area contributed by atoms with Crippen LogP contribution in [0.2, 0.25) is 0 Å². The summed E-state index contributed by atoms with van der Waals surface area (Å²) in [5.41, 5.74) is 0.833. The van der Waals surface area contributed by atoms with Gasteiger partial charge in [-0.3, -0.25) is 0 Å². The first kappa shape index (κ1) is 9.65. The topological polar surface area (TPSA) is 4.93 Å². The zero-order chi connectivity index (χ0) is 10.1. The van der Waals surface area contributed by atoms with Crippen LogP contribution in [0.15, 0.2) is 34.9 Å². The van der Waals surface area contributed by atoms with Gasteiger partial charge in [-0.15, -0.1) is 0 Å². The van der Waals surface area contributed by atoms with Gasteiger partial charge in [0.1, 0.15) is 0 Å². The SMILES string of the molecule is FC(F)Cn1ccc2c(Br)cccc21. The highest BCUT2D eigenvalue weighted by atomic mass is 79.9. The van der Waals surface area contributed by atoms with E-state index in [0.717, 1.165) is 15.4 Å². The van der Waals surface area contributed by atoms with Crippen LogP contribution in [-0.2, 0) is 6.54 Å². The molecule has 0 radical (unpaired) electrons. The largest absolute Gasteiger partial charge is 0.342 e. The van der Waals surface area contributed by atoms with Crippen LogP contribution in [0.3, 0.4) is 0 Å². The normalized spacial score (nSPS) is 11.4. The fourth-order valence-corrected chi connectivity index (χ4v) is 1.98. The molecule has 0 spiro atoms. The second-order valence-electron chi connectivity index (χ2n) is 3.03. The number of rotatable bonds is 2. The van der Waals surface area contributed by atoms with E-state index in [1.807, 2.05) is 24.3 Å². The standard InChI is InChI=1S/C10H8BrF2N/c11-8-2-1-3-9-7(8)4-5-14(9)6-10(12)13/h1-5,10H,6H2. The Labute approximate surface area is 88.5 Å². The summed E-state index contributed by atoms with van der Waals surface area (Å²) < 4.78 is 26.9. The van der Waals surface area contributed by atoms with Crippen LogP contribution in [0.1, 0.15) is 0 Å². The smallest absolute Gasteiger partial charge is 0.256 e. The van der Waals surface area contributed by atoms with Crippen LogP contribution in [0.5, 0.6) is 0 Å². The van der Waals surface area contributed by atoms with Crippen molar-refractivity contribution in [2.24, 2.45) is 0 Å². The highest BCUT2D eigenvalue weighted by molar-refractivity contribution is 9.10. The summed E-state index contributed by atoms with van der Waals surface area (Å²) in [4.78, 5) is 0. The minimum absolute atomic E-state index is 0.250. The van der Waals surface area contributed by atoms with E-state index in [4.69, 9.17) is 0 Å². The van der Waals surface area contributed by atoms with Crippen molar-refractivity contribution in [1.82, 2.24) is 4.57 Å². The van der Waals surface area contributed by atoms with Crippen LogP contribution < -0.4 is 0 Å². The number of fused-ring (bicyclic) bond motifs is 1. The van der Waals surface area contributed by atoms with Gasteiger partial charge in [-0.05, 0) is 18.2 Å². The van der Waals surface area contributed by atoms with Crippen molar-refractivity contribution in [2.45, 2.75) is 13.0 Å². The molecular formula is C10H8BrF2N. The van der Waals surface area contributed by atoms with Crippen molar-refractivity contribution in [3.8, 4) is 0 Å². The highest BCUT2D eigenvalue weighted by Crippen LogP contribution is 2.24. The molecule has 0 aliphatic carbocycles. The van der Waals surface area contributed by atoms with Gasteiger partial charge in [0.05, 0.1) is 6.54 Å². The maximum absolute atomic E-state index is 12.2. The number of hydrogen-bond donors (Lipinski definition) is 0. The summed E-state index contributed by atoms with van der Waals surface area (Å²) in [6.45, 7) is -0.250. The molecule has 2 aromatic rings. The van der Waals surface area contributed by atoms with Crippen LogP contribution in [0.4, 0.5) is 8.78 Å². The number of aromatic nitrogens is 1. The molecule has 0 atom stereocenters. The first-order chi connectivity index (χ1) is 6.68. The Morgan fingerprint density at radius 1 is 1.29 bits per heavy atom. The van der Waals surface area contributed by atoms with Gasteiger partial charge in [0.15, 0.2) is 0 Å². The lowest BCUT2D eigenvalue weighted by Gasteiger charge is -2.03. The maximum atomic E-state index is 12.2. The summed E-state index contributed by atoms with van der Waals surface area (Å²) in [6.07, 6.45) is -0.633. The molecule has 1 heterocycles. The molecule has 0 bridgehead atoms. The zero-order valence-electron chi connectivity index (χ0n) is 7.25. The summed E-state index contributed by atoms with van der Waals surface area (Å²) in [5.74, 6) is 0. The number of alkyl halides is 2. The fraction of sp³-hybridized carbons (Fsp3) is 0.200. The van der Waals surface area contributed by atoms with Crippen LogP contribution in [-0.4, -0.2) is 11.0 Å². The Balaban J connectivity index is 2.52. The van der Waals surface area contributed by atoms with E-state index in [1.54, 1.807) is 10.8 Å². The predicted molar refractivity (Wildman–Crippen MR) is 55.6 cm³/mol. The fourth-order valence-electron chi connectivity index (χ4n) is 1.49. The molecule has 1 nitrogen and oxygen atoms in total. The molecule has 4 heteroatoms. The molecule has 0 N–H and O–H groups in total. The number of nitrogens with zero attached hydrogens (tertiary/aromatic N) is 1. The van der Waals surface area contributed by atoms with Gasteiger partial charge < -0.3 is 4.57 Å². The maximum Gasteiger partial charge on any atom is 0.256 e. The zero-order valence-corrected chi connectivity index (χ0v) is 8.84. The van der Waals surface area contributed by atoms with Gasteiger partial charge in [-0.25, -0.2) is 8.78 Å². The molecule has 0 aliphatic heterocycles. The van der Waals surface area contributed by atoms with Crippen molar-refractivity contribution in [2.75, 3.05) is 0 Å². The monoisotopic (exact) mass is 259 g/mol. The third-order valence-electron chi connectivity index (χ3n) is 2.10. The molecule has 0 fully saturated rings. The van der Waals surface area contributed by atoms with E-state index in [1.165, 1.54) is 0 Å². The Kier molecular flexibility index (Phi) is 2.54. The molecule has 0 saturated heterocycles. The van der Waals surface area contributed by atoms with Crippen LogP contribution in [0, 0.1) is 0 Å². The number of benzene rings is 1. The van der Waals surface area contributed by atoms with Gasteiger partial charge in [0.25, 0.3) is 6.43 Å². The summed E-state index contributed by atoms with van der Waals surface area (Å²) in [7, 11) is 0. The summed E-state index contributed by atoms with van der Waals surface area (Å²) in [5, 5.41) is 0.966. The number of hydrogen-bond acceptors (Lipinski definition) is 0. The van der Waals surface area contributed by atoms with Crippen molar-refractivity contribution in [3.05, 3.63) is 34.9 Å². The molecule has 0 amide bonds. The van der Waals surface area contributed by atoms with E-state index in [0.29, 0.717) is 0 Å². The molecule has 0 saturated carbocycles. The van der Waals surface area contributed by atoms with Gasteiger partial charge in [0, 0.05) is 21.6 Å². The minimum atomic E-state index is -2.32. The quantitative estimate of drug-likeness (QED) is 0.776. The lowest BCUT2D eigenvalue weighted by atomic mass is 10.2. The Bertz CT molecular complexity index is 450.